The number of aromatic nitrogens is 2. The third kappa shape index (κ3) is 2.18. The average molecular weight is 372 g/mol. The van der Waals surface area contributed by atoms with Gasteiger partial charge in [-0.1, -0.05) is 0 Å². The van der Waals surface area contributed by atoms with Crippen molar-refractivity contribution in [3.63, 3.8) is 0 Å². The van der Waals surface area contributed by atoms with Crippen LogP contribution in [0.2, 0.25) is 0 Å². The van der Waals surface area contributed by atoms with Crippen molar-refractivity contribution in [2.45, 2.75) is 80.9 Å². The van der Waals surface area contributed by atoms with Gasteiger partial charge in [0.2, 0.25) is 0 Å². The SMILES string of the molecule is COC12CCC3(CC1)CC32c1ncc(C(N)=O)c(N[C@@H]2CCC[C@H](O)C2)n1. The Morgan fingerprint density at radius 1 is 1.33 bits per heavy atom. The van der Waals surface area contributed by atoms with Crippen molar-refractivity contribution in [3.05, 3.63) is 17.6 Å². The molecule has 3 atom stereocenters. The molecule has 0 aliphatic heterocycles. The summed E-state index contributed by atoms with van der Waals surface area (Å²) in [5, 5.41) is 13.4. The summed E-state index contributed by atoms with van der Waals surface area (Å²) in [6.07, 6.45) is 10.2. The van der Waals surface area contributed by atoms with Gasteiger partial charge in [-0.05, 0) is 63.2 Å². The van der Waals surface area contributed by atoms with Crippen LogP contribution in [-0.4, -0.2) is 45.8 Å². The second-order valence-electron chi connectivity index (χ2n) is 9.04. The Kier molecular flexibility index (Phi) is 3.63. The Morgan fingerprint density at radius 2 is 2.11 bits per heavy atom. The summed E-state index contributed by atoms with van der Waals surface area (Å²) < 4.78 is 6.05. The standard InChI is InChI=1S/C20H28N4O3/c1-27-19-7-5-18(6-8-19)11-20(18,19)17-22-10-14(15(21)26)16(24-17)23-12-3-2-4-13(25)9-12/h10,12-13,25H,2-9,11H2,1H3,(H2,21,26)(H,22,23,24)/t12-,13+,18?,19?,20?/m1/s1. The number of methoxy groups -OCH3 is 1. The van der Waals surface area contributed by atoms with Gasteiger partial charge in [-0.3, -0.25) is 4.79 Å². The molecule has 0 saturated heterocycles. The molecule has 0 spiro atoms. The van der Waals surface area contributed by atoms with E-state index in [0.717, 1.165) is 44.3 Å². The number of nitrogens with zero attached hydrogens (tertiary/aromatic N) is 2. The first-order chi connectivity index (χ1) is 13.0. The summed E-state index contributed by atoms with van der Waals surface area (Å²) in [6.45, 7) is 0. The number of amides is 1. The predicted octanol–water partition coefficient (Wildman–Crippen LogP) is 1.89. The van der Waals surface area contributed by atoms with Gasteiger partial charge in [-0.25, -0.2) is 9.97 Å². The number of aliphatic hydroxyl groups is 1. The van der Waals surface area contributed by atoms with Gasteiger partial charge < -0.3 is 20.9 Å². The second kappa shape index (κ2) is 5.64. The highest BCUT2D eigenvalue weighted by Crippen LogP contribution is 2.84. The lowest BCUT2D eigenvalue weighted by molar-refractivity contribution is -0.0383. The molecule has 1 aromatic rings. The molecule has 1 unspecified atom stereocenters. The molecule has 0 aromatic carbocycles. The maximum Gasteiger partial charge on any atom is 0.254 e. The molecule has 4 N–H and O–H groups in total. The fraction of sp³-hybridized carbons (Fsp3) is 0.750. The largest absolute Gasteiger partial charge is 0.393 e. The molecule has 1 amide bonds. The minimum atomic E-state index is -0.528. The zero-order valence-corrected chi connectivity index (χ0v) is 15.8. The Balaban J connectivity index is 1.51. The molecule has 4 aliphatic carbocycles. The monoisotopic (exact) mass is 372 g/mol. The third-order valence-electron chi connectivity index (χ3n) is 7.99. The van der Waals surface area contributed by atoms with Crippen molar-refractivity contribution < 1.29 is 14.6 Å². The lowest BCUT2D eigenvalue weighted by atomic mass is 9.82. The summed E-state index contributed by atoms with van der Waals surface area (Å²) in [6, 6.07) is 0.0944. The maximum atomic E-state index is 11.9. The van der Waals surface area contributed by atoms with Crippen LogP contribution in [0.3, 0.4) is 0 Å². The van der Waals surface area contributed by atoms with Crippen LogP contribution in [0, 0.1) is 5.41 Å². The molecule has 27 heavy (non-hydrogen) atoms. The fourth-order valence-corrected chi connectivity index (χ4v) is 6.54. The van der Waals surface area contributed by atoms with E-state index in [-0.39, 0.29) is 28.6 Å². The third-order valence-corrected chi connectivity index (χ3v) is 7.99. The van der Waals surface area contributed by atoms with Crippen molar-refractivity contribution in [2.24, 2.45) is 11.1 Å². The number of anilines is 1. The average Bonchev–Trinajstić information content (AvgIpc) is 3.15. The molecular weight excluding hydrogens is 344 g/mol. The van der Waals surface area contributed by atoms with E-state index >= 15 is 0 Å². The summed E-state index contributed by atoms with van der Waals surface area (Å²) in [5.41, 5.74) is 5.89. The fourth-order valence-electron chi connectivity index (χ4n) is 6.54. The Morgan fingerprint density at radius 3 is 2.74 bits per heavy atom. The molecule has 4 fully saturated rings. The van der Waals surface area contributed by atoms with Crippen LogP contribution >= 0.6 is 0 Å². The first kappa shape index (κ1) is 17.4. The highest BCUT2D eigenvalue weighted by molar-refractivity contribution is 5.97. The van der Waals surface area contributed by atoms with Crippen LogP contribution in [0.5, 0.6) is 0 Å². The smallest absolute Gasteiger partial charge is 0.254 e. The predicted molar refractivity (Wildman–Crippen MR) is 99.4 cm³/mol. The molecule has 4 aliphatic rings. The normalized spacial score (nSPS) is 42.0. The molecule has 7 nitrogen and oxygen atoms in total. The number of aliphatic hydroxyl groups excluding tert-OH is 1. The van der Waals surface area contributed by atoms with E-state index < -0.39 is 5.91 Å². The van der Waals surface area contributed by atoms with Gasteiger partial charge >= 0.3 is 0 Å². The molecule has 2 bridgehead atoms. The Labute approximate surface area is 159 Å². The van der Waals surface area contributed by atoms with Gasteiger partial charge in [0.1, 0.15) is 11.6 Å². The van der Waals surface area contributed by atoms with E-state index in [2.05, 4.69) is 10.3 Å². The van der Waals surface area contributed by atoms with Crippen LogP contribution < -0.4 is 11.1 Å². The molecule has 1 aromatic heterocycles. The van der Waals surface area contributed by atoms with Gasteiger partial charge in [0.05, 0.1) is 22.7 Å². The molecule has 0 radical (unpaired) electrons. The Bertz CT molecular complexity index is 789. The number of hydrogen-bond donors (Lipinski definition) is 3. The quantitative estimate of drug-likeness (QED) is 0.728. The van der Waals surface area contributed by atoms with Crippen molar-refractivity contribution in [3.8, 4) is 0 Å². The summed E-state index contributed by atoms with van der Waals surface area (Å²) in [7, 11) is 1.81. The molecule has 1 heterocycles. The van der Waals surface area contributed by atoms with Gasteiger partial charge in [0.15, 0.2) is 0 Å². The van der Waals surface area contributed by atoms with Gasteiger partial charge in [0, 0.05) is 19.3 Å². The van der Waals surface area contributed by atoms with Gasteiger partial charge in [-0.15, -0.1) is 0 Å². The molecular formula is C20H28N4O3. The lowest BCUT2D eigenvalue weighted by Crippen LogP contribution is -2.41. The minimum absolute atomic E-state index is 0.0944. The van der Waals surface area contributed by atoms with E-state index in [9.17, 15) is 9.90 Å². The van der Waals surface area contributed by atoms with Crippen LogP contribution in [0.1, 0.15) is 74.0 Å². The van der Waals surface area contributed by atoms with Crippen LogP contribution in [-0.2, 0) is 10.2 Å². The van der Waals surface area contributed by atoms with E-state index in [0.29, 0.717) is 17.8 Å². The number of hydrogen-bond acceptors (Lipinski definition) is 6. The van der Waals surface area contributed by atoms with E-state index in [1.165, 1.54) is 12.8 Å². The van der Waals surface area contributed by atoms with E-state index in [1.807, 2.05) is 7.11 Å². The van der Waals surface area contributed by atoms with Crippen molar-refractivity contribution in [1.29, 1.82) is 0 Å². The van der Waals surface area contributed by atoms with Gasteiger partial charge in [0.25, 0.3) is 5.91 Å². The summed E-state index contributed by atoms with van der Waals surface area (Å²) in [4.78, 5) is 21.4. The number of carbonyl (C=O) groups excluding carboxylic acids is 1. The topological polar surface area (TPSA) is 110 Å². The first-order valence-electron chi connectivity index (χ1n) is 10.1. The minimum Gasteiger partial charge on any atom is -0.393 e. The lowest BCUT2D eigenvalue weighted by Gasteiger charge is -2.35. The van der Waals surface area contributed by atoms with Crippen molar-refractivity contribution >= 4 is 11.7 Å². The highest BCUT2D eigenvalue weighted by Gasteiger charge is 2.85. The van der Waals surface area contributed by atoms with E-state index in [1.54, 1.807) is 6.20 Å². The molecule has 4 saturated carbocycles. The number of nitrogens with one attached hydrogen (secondary N) is 1. The van der Waals surface area contributed by atoms with Crippen LogP contribution in [0.15, 0.2) is 6.20 Å². The maximum absolute atomic E-state index is 11.9. The van der Waals surface area contributed by atoms with Crippen molar-refractivity contribution in [1.82, 2.24) is 9.97 Å². The zero-order chi connectivity index (χ0) is 18.9. The molecule has 146 valence electrons. The number of nitrogens with two attached hydrogens (primary N) is 1. The number of carbonyl (C=O) groups is 1. The number of ether oxygens (including phenoxy) is 1. The molecule has 7 heteroatoms. The van der Waals surface area contributed by atoms with Crippen LogP contribution in [0.25, 0.3) is 0 Å². The van der Waals surface area contributed by atoms with Crippen molar-refractivity contribution in [2.75, 3.05) is 12.4 Å². The second-order valence-corrected chi connectivity index (χ2v) is 9.04. The first-order valence-corrected chi connectivity index (χ1v) is 10.1. The van der Waals surface area contributed by atoms with Crippen LogP contribution in [0.4, 0.5) is 5.82 Å². The highest BCUT2D eigenvalue weighted by atomic mass is 16.5. The Hall–Kier alpha value is -1.73. The molecule has 5 rings (SSSR count). The number of primary amides is 1. The summed E-state index contributed by atoms with van der Waals surface area (Å²) in [5.74, 6) is 0.781. The van der Waals surface area contributed by atoms with Gasteiger partial charge in [-0.2, -0.15) is 0 Å². The summed E-state index contributed by atoms with van der Waals surface area (Å²) >= 11 is 0. The zero-order valence-electron chi connectivity index (χ0n) is 15.8. The number of rotatable bonds is 5. The van der Waals surface area contributed by atoms with E-state index in [4.69, 9.17) is 15.5 Å².